The number of amides is 1. The van der Waals surface area contributed by atoms with E-state index in [0.29, 0.717) is 24.2 Å². The van der Waals surface area contributed by atoms with Crippen LogP contribution < -0.4 is 9.62 Å². The van der Waals surface area contributed by atoms with Crippen molar-refractivity contribution in [2.45, 2.75) is 18.2 Å². The fraction of sp³-hybridized carbons (Fsp3) is 0.136. The summed E-state index contributed by atoms with van der Waals surface area (Å²) in [7, 11) is -3.62. The highest BCUT2D eigenvalue weighted by atomic mass is 127. The van der Waals surface area contributed by atoms with Crippen molar-refractivity contribution in [2.24, 2.45) is 0 Å². The summed E-state index contributed by atoms with van der Waals surface area (Å²) in [6, 6.07) is 19.6. The molecule has 1 heterocycles. The van der Waals surface area contributed by atoms with E-state index in [4.69, 9.17) is 0 Å². The van der Waals surface area contributed by atoms with Gasteiger partial charge in [-0.3, -0.25) is 9.10 Å². The zero-order valence-corrected chi connectivity index (χ0v) is 18.7. The van der Waals surface area contributed by atoms with Crippen LogP contribution >= 0.6 is 22.6 Å². The molecule has 1 amide bonds. The molecule has 0 aliphatic carbocycles. The molecule has 1 N–H and O–H groups in total. The van der Waals surface area contributed by atoms with Crippen LogP contribution in [0.3, 0.4) is 0 Å². The summed E-state index contributed by atoms with van der Waals surface area (Å²) in [5.74, 6) is -0.214. The van der Waals surface area contributed by atoms with Crippen LogP contribution in [0.2, 0.25) is 0 Å². The number of hydrogen-bond donors (Lipinski definition) is 1. The fourth-order valence-corrected chi connectivity index (χ4v) is 5.20. The SMILES string of the molecule is Cc1ccc(S(=O)(=O)N2CCc3cc(C(=O)Nc4ccc(I)cc4)ccc32)cc1. The van der Waals surface area contributed by atoms with Gasteiger partial charge < -0.3 is 5.32 Å². The highest BCUT2D eigenvalue weighted by Crippen LogP contribution is 2.33. The van der Waals surface area contributed by atoms with Crippen LogP contribution in [0.25, 0.3) is 0 Å². The van der Waals surface area contributed by atoms with Crippen LogP contribution in [0.4, 0.5) is 11.4 Å². The summed E-state index contributed by atoms with van der Waals surface area (Å²) in [4.78, 5) is 12.9. The zero-order valence-electron chi connectivity index (χ0n) is 15.7. The van der Waals surface area contributed by atoms with Gasteiger partial charge in [-0.15, -0.1) is 0 Å². The Morgan fingerprint density at radius 1 is 1.00 bits per heavy atom. The number of halogens is 1. The number of carbonyl (C=O) groups excluding carboxylic acids is 1. The van der Waals surface area contributed by atoms with Crippen molar-refractivity contribution in [3.8, 4) is 0 Å². The van der Waals surface area contributed by atoms with E-state index in [-0.39, 0.29) is 10.8 Å². The summed E-state index contributed by atoms with van der Waals surface area (Å²) in [6.07, 6.45) is 0.574. The summed E-state index contributed by atoms with van der Waals surface area (Å²) in [5.41, 5.74) is 3.73. The van der Waals surface area contributed by atoms with Gasteiger partial charge in [0.25, 0.3) is 15.9 Å². The van der Waals surface area contributed by atoms with Crippen molar-refractivity contribution < 1.29 is 13.2 Å². The van der Waals surface area contributed by atoms with Gasteiger partial charge in [0, 0.05) is 21.4 Å². The van der Waals surface area contributed by atoms with Gasteiger partial charge >= 0.3 is 0 Å². The van der Waals surface area contributed by atoms with E-state index in [1.807, 2.05) is 31.2 Å². The first-order chi connectivity index (χ1) is 13.8. The Morgan fingerprint density at radius 2 is 1.69 bits per heavy atom. The van der Waals surface area contributed by atoms with Gasteiger partial charge in [-0.05, 0) is 96.1 Å². The molecule has 3 aromatic rings. The van der Waals surface area contributed by atoms with Crippen LogP contribution in [-0.4, -0.2) is 20.9 Å². The monoisotopic (exact) mass is 518 g/mol. The third kappa shape index (κ3) is 4.02. The van der Waals surface area contributed by atoms with Crippen molar-refractivity contribution >= 4 is 49.9 Å². The number of anilines is 2. The highest BCUT2D eigenvalue weighted by molar-refractivity contribution is 14.1. The maximum absolute atomic E-state index is 13.0. The molecule has 0 saturated carbocycles. The van der Waals surface area contributed by atoms with Gasteiger partial charge in [-0.25, -0.2) is 8.42 Å². The van der Waals surface area contributed by atoms with Crippen molar-refractivity contribution in [1.29, 1.82) is 0 Å². The number of sulfonamides is 1. The Kier molecular flexibility index (Phi) is 5.35. The molecule has 1 aliphatic heterocycles. The number of aryl methyl sites for hydroxylation is 1. The maximum Gasteiger partial charge on any atom is 0.264 e. The van der Waals surface area contributed by atoms with Crippen LogP contribution in [0.1, 0.15) is 21.5 Å². The largest absolute Gasteiger partial charge is 0.322 e. The average Bonchev–Trinajstić information content (AvgIpc) is 3.14. The molecule has 0 spiro atoms. The zero-order chi connectivity index (χ0) is 20.6. The smallest absolute Gasteiger partial charge is 0.264 e. The van der Waals surface area contributed by atoms with Gasteiger partial charge in [0.15, 0.2) is 0 Å². The van der Waals surface area contributed by atoms with E-state index < -0.39 is 10.0 Å². The molecule has 0 aromatic heterocycles. The molecule has 0 radical (unpaired) electrons. The fourth-order valence-electron chi connectivity index (χ4n) is 3.34. The van der Waals surface area contributed by atoms with Crippen LogP contribution in [0.15, 0.2) is 71.6 Å². The Labute approximate surface area is 183 Å². The second-order valence-electron chi connectivity index (χ2n) is 6.94. The number of carbonyl (C=O) groups is 1. The van der Waals surface area contributed by atoms with E-state index in [0.717, 1.165) is 20.4 Å². The second kappa shape index (κ2) is 7.79. The quantitative estimate of drug-likeness (QED) is 0.514. The van der Waals surface area contributed by atoms with Gasteiger partial charge in [0.1, 0.15) is 0 Å². The minimum absolute atomic E-state index is 0.214. The Morgan fingerprint density at radius 3 is 2.38 bits per heavy atom. The lowest BCUT2D eigenvalue weighted by atomic mass is 10.1. The number of hydrogen-bond acceptors (Lipinski definition) is 3. The lowest BCUT2D eigenvalue weighted by Gasteiger charge is -2.20. The number of benzene rings is 3. The topological polar surface area (TPSA) is 66.5 Å². The summed E-state index contributed by atoms with van der Waals surface area (Å²) >= 11 is 2.21. The summed E-state index contributed by atoms with van der Waals surface area (Å²) < 4.78 is 28.6. The second-order valence-corrected chi connectivity index (χ2v) is 10.1. The van der Waals surface area contributed by atoms with Gasteiger partial charge in [-0.2, -0.15) is 0 Å². The molecule has 3 aromatic carbocycles. The molecule has 29 heavy (non-hydrogen) atoms. The number of nitrogens with one attached hydrogen (secondary N) is 1. The third-order valence-electron chi connectivity index (χ3n) is 4.91. The maximum atomic E-state index is 13.0. The molecule has 1 aliphatic rings. The number of fused-ring (bicyclic) bond motifs is 1. The third-order valence-corrected chi connectivity index (χ3v) is 7.45. The van der Waals surface area contributed by atoms with Crippen molar-refractivity contribution in [1.82, 2.24) is 0 Å². The highest BCUT2D eigenvalue weighted by Gasteiger charge is 2.31. The molecule has 4 rings (SSSR count). The lowest BCUT2D eigenvalue weighted by Crippen LogP contribution is -2.29. The molecule has 148 valence electrons. The van der Waals surface area contributed by atoms with Crippen molar-refractivity contribution in [3.05, 3.63) is 87.0 Å². The normalized spacial score (nSPS) is 13.2. The molecular formula is C22H19IN2O3S. The van der Waals surface area contributed by atoms with Crippen LogP contribution in [-0.2, 0) is 16.4 Å². The van der Waals surface area contributed by atoms with Gasteiger partial charge in [0.2, 0.25) is 0 Å². The van der Waals surface area contributed by atoms with Crippen LogP contribution in [0, 0.1) is 10.5 Å². The minimum atomic E-state index is -3.62. The first kappa shape index (κ1) is 19.9. The first-order valence-electron chi connectivity index (χ1n) is 9.14. The van der Waals surface area contributed by atoms with Crippen molar-refractivity contribution in [3.63, 3.8) is 0 Å². The molecule has 0 bridgehead atoms. The predicted molar refractivity (Wildman–Crippen MR) is 123 cm³/mol. The predicted octanol–water partition coefficient (Wildman–Crippen LogP) is 4.60. The number of rotatable bonds is 4. The molecule has 0 atom stereocenters. The first-order valence-corrected chi connectivity index (χ1v) is 11.7. The summed E-state index contributed by atoms with van der Waals surface area (Å²) in [5, 5.41) is 2.88. The van der Waals surface area contributed by atoms with E-state index in [9.17, 15) is 13.2 Å². The molecule has 5 nitrogen and oxygen atoms in total. The minimum Gasteiger partial charge on any atom is -0.322 e. The summed E-state index contributed by atoms with van der Waals surface area (Å²) in [6.45, 7) is 2.29. The number of nitrogens with zero attached hydrogens (tertiary/aromatic N) is 1. The van der Waals surface area contributed by atoms with Crippen LogP contribution in [0.5, 0.6) is 0 Å². The molecule has 0 unspecified atom stereocenters. The van der Waals surface area contributed by atoms with Gasteiger partial charge in [-0.1, -0.05) is 17.7 Å². The van der Waals surface area contributed by atoms with E-state index in [1.165, 1.54) is 4.31 Å². The standard InChI is InChI=1S/C22H19IN2O3S/c1-15-2-9-20(10-3-15)29(27,28)25-13-12-16-14-17(4-11-21(16)25)22(26)24-19-7-5-18(23)6-8-19/h2-11,14H,12-13H2,1H3,(H,24,26). The van der Waals surface area contributed by atoms with E-state index >= 15 is 0 Å². The van der Waals surface area contributed by atoms with E-state index in [1.54, 1.807) is 42.5 Å². The molecule has 7 heteroatoms. The van der Waals surface area contributed by atoms with Crippen molar-refractivity contribution in [2.75, 3.05) is 16.2 Å². The molecule has 0 fully saturated rings. The average molecular weight is 518 g/mol. The van der Waals surface area contributed by atoms with E-state index in [2.05, 4.69) is 27.9 Å². The lowest BCUT2D eigenvalue weighted by molar-refractivity contribution is 0.102. The molecular weight excluding hydrogens is 499 g/mol. The Balaban J connectivity index is 1.58. The molecule has 0 saturated heterocycles. The Hall–Kier alpha value is -2.39. The van der Waals surface area contributed by atoms with Gasteiger partial charge in [0.05, 0.1) is 10.6 Å². The Bertz CT molecular complexity index is 1170.